The second kappa shape index (κ2) is 6.52. The van der Waals surface area contributed by atoms with Gasteiger partial charge < -0.3 is 10.1 Å². The first-order chi connectivity index (χ1) is 9.61. The fourth-order valence-corrected chi connectivity index (χ4v) is 4.53. The van der Waals surface area contributed by atoms with Gasteiger partial charge >= 0.3 is 0 Å². The summed E-state index contributed by atoms with van der Waals surface area (Å²) >= 11 is 0. The molecule has 2 heterocycles. The van der Waals surface area contributed by atoms with Crippen molar-refractivity contribution in [1.82, 2.24) is 9.62 Å². The molecule has 0 saturated carbocycles. The average molecular weight is 333 g/mol. The van der Waals surface area contributed by atoms with Gasteiger partial charge in [-0.05, 0) is 49.7 Å². The first-order valence-corrected chi connectivity index (χ1v) is 8.46. The maximum absolute atomic E-state index is 12.6. The number of fused-ring (bicyclic) bond motifs is 1. The summed E-state index contributed by atoms with van der Waals surface area (Å²) in [4.78, 5) is 0.395. The van der Waals surface area contributed by atoms with Crippen molar-refractivity contribution in [2.45, 2.75) is 17.7 Å². The number of sulfonamides is 1. The summed E-state index contributed by atoms with van der Waals surface area (Å²) in [6.45, 7) is 2.73. The van der Waals surface area contributed by atoms with Gasteiger partial charge in [-0.3, -0.25) is 0 Å². The van der Waals surface area contributed by atoms with Gasteiger partial charge in [0.15, 0.2) is 0 Å². The molecule has 2 aliphatic rings. The summed E-state index contributed by atoms with van der Waals surface area (Å²) in [5.74, 6) is 1.23. The molecular weight excluding hydrogens is 312 g/mol. The minimum absolute atomic E-state index is 0. The quantitative estimate of drug-likeness (QED) is 0.902. The molecule has 0 amide bonds. The Morgan fingerprint density at radius 2 is 2.24 bits per heavy atom. The van der Waals surface area contributed by atoms with E-state index in [0.29, 0.717) is 30.5 Å². The van der Waals surface area contributed by atoms with Crippen LogP contribution in [-0.2, 0) is 16.4 Å². The van der Waals surface area contributed by atoms with Gasteiger partial charge in [0.1, 0.15) is 5.75 Å². The lowest BCUT2D eigenvalue weighted by molar-refractivity contribution is 0.356. The Labute approximate surface area is 132 Å². The summed E-state index contributed by atoms with van der Waals surface area (Å²) in [5, 5.41) is 3.12. The van der Waals surface area contributed by atoms with E-state index in [9.17, 15) is 8.42 Å². The van der Waals surface area contributed by atoms with Crippen molar-refractivity contribution in [3.05, 3.63) is 23.8 Å². The van der Waals surface area contributed by atoms with Crippen LogP contribution in [0.2, 0.25) is 0 Å². The SMILES string of the molecule is CNCC1CCN(S(=O)(=O)c2ccc3c(c2)CCO3)C1.Cl. The lowest BCUT2D eigenvalue weighted by Crippen LogP contribution is -2.30. The highest BCUT2D eigenvalue weighted by molar-refractivity contribution is 7.89. The van der Waals surface area contributed by atoms with E-state index in [4.69, 9.17) is 4.74 Å². The van der Waals surface area contributed by atoms with Crippen LogP contribution in [0.1, 0.15) is 12.0 Å². The number of halogens is 1. The Morgan fingerprint density at radius 1 is 1.43 bits per heavy atom. The standard InChI is InChI=1S/C14H20N2O3S.ClH/c1-15-9-11-4-6-16(10-11)20(17,18)13-2-3-14-12(8-13)5-7-19-14;/h2-3,8,11,15H,4-7,9-10H2,1H3;1H. The Hall–Kier alpha value is -0.820. The minimum atomic E-state index is -3.36. The fourth-order valence-electron chi connectivity index (χ4n) is 2.94. The van der Waals surface area contributed by atoms with Crippen molar-refractivity contribution in [3.8, 4) is 5.75 Å². The lowest BCUT2D eigenvalue weighted by atomic mass is 10.1. The molecule has 21 heavy (non-hydrogen) atoms. The summed E-state index contributed by atoms with van der Waals surface area (Å²) in [6.07, 6.45) is 1.72. The summed E-state index contributed by atoms with van der Waals surface area (Å²) in [7, 11) is -1.46. The second-order valence-corrected chi connectivity index (χ2v) is 7.38. The second-order valence-electron chi connectivity index (χ2n) is 5.44. The molecule has 1 N–H and O–H groups in total. The van der Waals surface area contributed by atoms with Crippen LogP contribution in [0.4, 0.5) is 0 Å². The third kappa shape index (κ3) is 3.18. The molecule has 1 atom stereocenters. The highest BCUT2D eigenvalue weighted by Gasteiger charge is 2.32. The Balaban J connectivity index is 0.00000161. The highest BCUT2D eigenvalue weighted by atomic mass is 35.5. The average Bonchev–Trinajstić information content (AvgIpc) is 3.06. The van der Waals surface area contributed by atoms with Crippen molar-refractivity contribution in [2.24, 2.45) is 5.92 Å². The zero-order chi connectivity index (χ0) is 14.2. The van der Waals surface area contributed by atoms with Gasteiger partial charge in [0.05, 0.1) is 11.5 Å². The van der Waals surface area contributed by atoms with Crippen molar-refractivity contribution in [2.75, 3.05) is 33.3 Å². The van der Waals surface area contributed by atoms with E-state index in [2.05, 4.69) is 5.32 Å². The van der Waals surface area contributed by atoms with Gasteiger partial charge in [-0.1, -0.05) is 0 Å². The largest absolute Gasteiger partial charge is 0.493 e. The van der Waals surface area contributed by atoms with Gasteiger partial charge in [0.2, 0.25) is 10.0 Å². The van der Waals surface area contributed by atoms with Crippen LogP contribution in [0.15, 0.2) is 23.1 Å². The number of hydrogen-bond acceptors (Lipinski definition) is 4. The first kappa shape index (κ1) is 16.5. The van der Waals surface area contributed by atoms with Crippen LogP contribution in [0, 0.1) is 5.92 Å². The Kier molecular flexibility index (Phi) is 5.14. The van der Waals surface area contributed by atoms with Crippen LogP contribution in [0.25, 0.3) is 0 Å². The minimum Gasteiger partial charge on any atom is -0.493 e. The molecule has 7 heteroatoms. The molecule has 0 aliphatic carbocycles. The van der Waals surface area contributed by atoms with E-state index < -0.39 is 10.0 Å². The van der Waals surface area contributed by atoms with E-state index in [1.54, 1.807) is 22.5 Å². The molecule has 1 aromatic rings. The monoisotopic (exact) mass is 332 g/mol. The van der Waals surface area contributed by atoms with Crippen LogP contribution in [-0.4, -0.2) is 46.0 Å². The van der Waals surface area contributed by atoms with E-state index in [0.717, 1.165) is 30.7 Å². The van der Waals surface area contributed by atoms with E-state index in [1.807, 2.05) is 7.05 Å². The van der Waals surface area contributed by atoms with E-state index in [-0.39, 0.29) is 12.4 Å². The van der Waals surface area contributed by atoms with Gasteiger partial charge in [0, 0.05) is 19.5 Å². The van der Waals surface area contributed by atoms with Crippen LogP contribution >= 0.6 is 12.4 Å². The molecule has 1 aromatic carbocycles. The highest BCUT2D eigenvalue weighted by Crippen LogP contribution is 2.30. The van der Waals surface area contributed by atoms with Gasteiger partial charge in [-0.2, -0.15) is 4.31 Å². The zero-order valence-corrected chi connectivity index (χ0v) is 13.7. The summed E-state index contributed by atoms with van der Waals surface area (Å²) in [5.41, 5.74) is 0.997. The number of rotatable bonds is 4. The van der Waals surface area contributed by atoms with Gasteiger partial charge in [-0.25, -0.2) is 8.42 Å². The predicted molar refractivity (Wildman–Crippen MR) is 83.7 cm³/mol. The van der Waals surface area contributed by atoms with Crippen molar-refractivity contribution >= 4 is 22.4 Å². The van der Waals surface area contributed by atoms with E-state index in [1.165, 1.54) is 0 Å². The van der Waals surface area contributed by atoms with E-state index >= 15 is 0 Å². The fraction of sp³-hybridized carbons (Fsp3) is 0.571. The van der Waals surface area contributed by atoms with Crippen molar-refractivity contribution in [1.29, 1.82) is 0 Å². The molecular formula is C14H21ClN2O3S. The summed E-state index contributed by atoms with van der Waals surface area (Å²) < 4.78 is 32.3. The molecule has 0 spiro atoms. The van der Waals surface area contributed by atoms with Crippen LogP contribution in [0.3, 0.4) is 0 Å². The maximum Gasteiger partial charge on any atom is 0.243 e. The van der Waals surface area contributed by atoms with Crippen LogP contribution < -0.4 is 10.1 Å². The predicted octanol–water partition coefficient (Wildman–Crippen LogP) is 1.27. The Morgan fingerprint density at radius 3 is 3.00 bits per heavy atom. The molecule has 3 rings (SSSR count). The lowest BCUT2D eigenvalue weighted by Gasteiger charge is -2.17. The Bertz CT molecular complexity index is 606. The molecule has 0 aromatic heterocycles. The molecule has 118 valence electrons. The number of hydrogen-bond donors (Lipinski definition) is 1. The molecule has 0 radical (unpaired) electrons. The smallest absolute Gasteiger partial charge is 0.243 e. The number of nitrogens with zero attached hydrogens (tertiary/aromatic N) is 1. The van der Waals surface area contributed by atoms with Gasteiger partial charge in [0.25, 0.3) is 0 Å². The third-order valence-corrected chi connectivity index (χ3v) is 5.90. The molecule has 1 saturated heterocycles. The maximum atomic E-state index is 12.6. The van der Waals surface area contributed by atoms with Crippen molar-refractivity contribution in [3.63, 3.8) is 0 Å². The first-order valence-electron chi connectivity index (χ1n) is 7.02. The number of ether oxygens (including phenoxy) is 1. The zero-order valence-electron chi connectivity index (χ0n) is 12.0. The van der Waals surface area contributed by atoms with Gasteiger partial charge in [-0.15, -0.1) is 12.4 Å². The molecule has 1 unspecified atom stereocenters. The van der Waals surface area contributed by atoms with Crippen LogP contribution in [0.5, 0.6) is 5.75 Å². The molecule has 5 nitrogen and oxygen atoms in total. The normalized spacial score (nSPS) is 21.7. The molecule has 1 fully saturated rings. The number of nitrogens with one attached hydrogen (secondary N) is 1. The summed E-state index contributed by atoms with van der Waals surface area (Å²) in [6, 6.07) is 5.20. The number of benzene rings is 1. The molecule has 0 bridgehead atoms. The third-order valence-electron chi connectivity index (χ3n) is 4.04. The topological polar surface area (TPSA) is 58.6 Å². The van der Waals surface area contributed by atoms with Crippen molar-refractivity contribution < 1.29 is 13.2 Å². The molecule has 2 aliphatic heterocycles.